The first kappa shape index (κ1) is 24.1. The molecular formula is C20H31N3O3S3. The van der Waals surface area contributed by atoms with Crippen LogP contribution in [0, 0.1) is 0 Å². The van der Waals surface area contributed by atoms with Crippen LogP contribution in [-0.4, -0.2) is 59.8 Å². The molecule has 0 unspecified atom stereocenters. The standard InChI is InChI=1S/C20H31N3O3S3/c1-4-23(5-2)20(27)28-15-19(24)21-17-13-9-10-14-18(17)29(25,26)22(3)16-11-7-6-8-12-16/h9-10,13-14,16H,4-8,11-12,15H2,1-3H3,(H,21,24). The van der Waals surface area contributed by atoms with Gasteiger partial charge in [0.25, 0.3) is 0 Å². The van der Waals surface area contributed by atoms with Crippen LogP contribution in [0.2, 0.25) is 0 Å². The van der Waals surface area contributed by atoms with Crippen LogP contribution < -0.4 is 5.32 Å². The summed E-state index contributed by atoms with van der Waals surface area (Å²) in [6, 6.07) is 6.61. The van der Waals surface area contributed by atoms with Gasteiger partial charge in [-0.2, -0.15) is 4.31 Å². The van der Waals surface area contributed by atoms with Gasteiger partial charge in [-0.1, -0.05) is 55.4 Å². The summed E-state index contributed by atoms with van der Waals surface area (Å²) in [5.41, 5.74) is 0.314. The van der Waals surface area contributed by atoms with Gasteiger partial charge in [-0.25, -0.2) is 8.42 Å². The lowest BCUT2D eigenvalue weighted by molar-refractivity contribution is -0.113. The molecule has 1 amide bonds. The summed E-state index contributed by atoms with van der Waals surface area (Å²) in [5.74, 6) is -0.130. The maximum Gasteiger partial charge on any atom is 0.245 e. The van der Waals surface area contributed by atoms with Gasteiger partial charge in [0.1, 0.15) is 9.22 Å². The number of thioether (sulfide) groups is 1. The number of nitrogens with zero attached hydrogens (tertiary/aromatic N) is 2. The van der Waals surface area contributed by atoms with Gasteiger partial charge in [-0.3, -0.25) is 4.79 Å². The van der Waals surface area contributed by atoms with E-state index in [1.165, 1.54) is 16.1 Å². The Morgan fingerprint density at radius 2 is 1.79 bits per heavy atom. The van der Waals surface area contributed by atoms with E-state index in [4.69, 9.17) is 12.2 Å². The molecule has 0 aliphatic heterocycles. The summed E-state index contributed by atoms with van der Waals surface area (Å²) >= 11 is 6.64. The fraction of sp³-hybridized carbons (Fsp3) is 0.600. The molecule has 1 aromatic rings. The van der Waals surface area contributed by atoms with Crippen molar-refractivity contribution in [1.29, 1.82) is 0 Å². The van der Waals surface area contributed by atoms with E-state index < -0.39 is 10.0 Å². The molecule has 0 saturated heterocycles. The van der Waals surface area contributed by atoms with Crippen LogP contribution in [0.25, 0.3) is 0 Å². The highest BCUT2D eigenvalue weighted by atomic mass is 32.2. The van der Waals surface area contributed by atoms with Gasteiger partial charge in [0.15, 0.2) is 0 Å². The number of para-hydroxylation sites is 1. The molecular weight excluding hydrogens is 426 g/mol. The number of hydrogen-bond acceptors (Lipinski definition) is 5. The van der Waals surface area contributed by atoms with Crippen molar-refractivity contribution in [2.75, 3.05) is 31.2 Å². The monoisotopic (exact) mass is 457 g/mol. The fourth-order valence-electron chi connectivity index (χ4n) is 3.48. The van der Waals surface area contributed by atoms with Crippen molar-refractivity contribution in [3.63, 3.8) is 0 Å². The van der Waals surface area contributed by atoms with E-state index in [2.05, 4.69) is 5.32 Å². The number of sulfonamides is 1. The molecule has 1 saturated carbocycles. The largest absolute Gasteiger partial charge is 0.358 e. The summed E-state index contributed by atoms with van der Waals surface area (Å²) in [6.07, 6.45) is 5.01. The second kappa shape index (κ2) is 11.3. The summed E-state index contributed by atoms with van der Waals surface area (Å²) in [6.45, 7) is 5.61. The minimum Gasteiger partial charge on any atom is -0.358 e. The zero-order chi connectivity index (χ0) is 21.4. The number of carbonyl (C=O) groups excluding carboxylic acids is 1. The van der Waals surface area contributed by atoms with E-state index in [1.54, 1.807) is 31.3 Å². The Balaban J connectivity index is 2.09. The summed E-state index contributed by atoms with van der Waals surface area (Å²) in [4.78, 5) is 14.6. The maximum atomic E-state index is 13.2. The van der Waals surface area contributed by atoms with Crippen molar-refractivity contribution in [3.8, 4) is 0 Å². The SMILES string of the molecule is CCN(CC)C(=S)SCC(=O)Nc1ccccc1S(=O)(=O)N(C)C1CCCCC1. The first-order valence-electron chi connectivity index (χ1n) is 10.1. The highest BCUT2D eigenvalue weighted by molar-refractivity contribution is 8.23. The number of anilines is 1. The van der Waals surface area contributed by atoms with Gasteiger partial charge >= 0.3 is 0 Å². The average Bonchev–Trinajstić information content (AvgIpc) is 2.73. The first-order chi connectivity index (χ1) is 13.8. The molecule has 1 aliphatic carbocycles. The minimum atomic E-state index is -3.69. The molecule has 1 aliphatic rings. The Hall–Kier alpha value is -1.16. The zero-order valence-corrected chi connectivity index (χ0v) is 19.8. The van der Waals surface area contributed by atoms with Gasteiger partial charge in [0.2, 0.25) is 15.9 Å². The van der Waals surface area contributed by atoms with Crippen LogP contribution in [-0.2, 0) is 14.8 Å². The predicted octanol–water partition coefficient (Wildman–Crippen LogP) is 3.94. The van der Waals surface area contributed by atoms with Crippen molar-refractivity contribution in [2.24, 2.45) is 0 Å². The van der Waals surface area contributed by atoms with E-state index in [0.29, 0.717) is 10.0 Å². The van der Waals surface area contributed by atoms with Gasteiger partial charge in [-0.15, -0.1) is 0 Å². The number of nitrogens with one attached hydrogen (secondary N) is 1. The Bertz CT molecular complexity index is 804. The van der Waals surface area contributed by atoms with Crippen molar-refractivity contribution < 1.29 is 13.2 Å². The third-order valence-electron chi connectivity index (χ3n) is 5.26. The first-order valence-corrected chi connectivity index (χ1v) is 12.9. The molecule has 0 aromatic heterocycles. The minimum absolute atomic E-state index is 0.0134. The van der Waals surface area contributed by atoms with Crippen molar-refractivity contribution in [1.82, 2.24) is 9.21 Å². The third-order valence-corrected chi connectivity index (χ3v) is 8.75. The molecule has 0 heterocycles. The van der Waals surface area contributed by atoms with Gasteiger partial charge in [0.05, 0.1) is 11.4 Å². The van der Waals surface area contributed by atoms with Crippen LogP contribution >= 0.6 is 24.0 Å². The van der Waals surface area contributed by atoms with Gasteiger partial charge < -0.3 is 10.2 Å². The zero-order valence-electron chi connectivity index (χ0n) is 17.4. The third kappa shape index (κ3) is 6.41. The molecule has 1 fully saturated rings. The van der Waals surface area contributed by atoms with E-state index in [0.717, 1.165) is 45.2 Å². The van der Waals surface area contributed by atoms with Crippen molar-refractivity contribution >= 4 is 49.9 Å². The number of rotatable bonds is 8. The molecule has 0 bridgehead atoms. The number of amides is 1. The molecule has 0 spiro atoms. The van der Waals surface area contributed by atoms with Crippen LogP contribution in [0.15, 0.2) is 29.2 Å². The highest BCUT2D eigenvalue weighted by Gasteiger charge is 2.31. The summed E-state index contributed by atoms with van der Waals surface area (Å²) < 4.78 is 28.6. The van der Waals surface area contributed by atoms with E-state index in [9.17, 15) is 13.2 Å². The Morgan fingerprint density at radius 1 is 1.17 bits per heavy atom. The topological polar surface area (TPSA) is 69.7 Å². The molecule has 2 rings (SSSR count). The molecule has 162 valence electrons. The number of thiocarbonyl (C=S) groups is 1. The molecule has 29 heavy (non-hydrogen) atoms. The summed E-state index contributed by atoms with van der Waals surface area (Å²) in [7, 11) is -2.05. The lowest BCUT2D eigenvalue weighted by atomic mass is 9.96. The van der Waals surface area contributed by atoms with Crippen molar-refractivity contribution in [3.05, 3.63) is 24.3 Å². The van der Waals surface area contributed by atoms with E-state index in [1.807, 2.05) is 18.7 Å². The fourth-order valence-corrected chi connectivity index (χ4v) is 6.24. The Kier molecular flexibility index (Phi) is 9.39. The van der Waals surface area contributed by atoms with Crippen molar-refractivity contribution in [2.45, 2.75) is 56.9 Å². The van der Waals surface area contributed by atoms with Crippen LogP contribution in [0.3, 0.4) is 0 Å². The Morgan fingerprint density at radius 3 is 2.41 bits per heavy atom. The predicted molar refractivity (Wildman–Crippen MR) is 125 cm³/mol. The molecule has 6 nitrogen and oxygen atoms in total. The lowest BCUT2D eigenvalue weighted by Crippen LogP contribution is -2.38. The van der Waals surface area contributed by atoms with Crippen LogP contribution in [0.4, 0.5) is 5.69 Å². The lowest BCUT2D eigenvalue weighted by Gasteiger charge is -2.30. The molecule has 0 atom stereocenters. The second-order valence-electron chi connectivity index (χ2n) is 7.08. The number of benzene rings is 1. The van der Waals surface area contributed by atoms with Gasteiger partial charge in [-0.05, 0) is 38.8 Å². The molecule has 0 radical (unpaired) electrons. The quantitative estimate of drug-likeness (QED) is 0.597. The normalized spacial score (nSPS) is 15.3. The number of carbonyl (C=O) groups is 1. The maximum absolute atomic E-state index is 13.2. The smallest absolute Gasteiger partial charge is 0.245 e. The second-order valence-corrected chi connectivity index (χ2v) is 10.7. The molecule has 9 heteroatoms. The summed E-state index contributed by atoms with van der Waals surface area (Å²) in [5, 5.41) is 2.76. The molecule has 1 aromatic carbocycles. The van der Waals surface area contributed by atoms with Crippen LogP contribution in [0.1, 0.15) is 46.0 Å². The average molecular weight is 458 g/mol. The van der Waals surface area contributed by atoms with Gasteiger partial charge in [0, 0.05) is 26.2 Å². The van der Waals surface area contributed by atoms with E-state index >= 15 is 0 Å². The highest BCUT2D eigenvalue weighted by Crippen LogP contribution is 2.29. The Labute approximate surface area is 184 Å². The molecule has 1 N–H and O–H groups in total. The van der Waals surface area contributed by atoms with Crippen LogP contribution in [0.5, 0.6) is 0 Å². The van der Waals surface area contributed by atoms with E-state index in [-0.39, 0.29) is 22.6 Å². The number of hydrogen-bond donors (Lipinski definition) is 1.